The van der Waals surface area contributed by atoms with Crippen LogP contribution in [0.3, 0.4) is 0 Å². The Morgan fingerprint density at radius 2 is 1.69 bits per heavy atom. The van der Waals surface area contributed by atoms with E-state index in [9.17, 15) is 9.59 Å². The maximum absolute atomic E-state index is 11.8. The summed E-state index contributed by atoms with van der Waals surface area (Å²) in [6, 6.07) is 18.0. The summed E-state index contributed by atoms with van der Waals surface area (Å²) in [7, 11) is 0. The second-order valence-electron chi connectivity index (χ2n) is 7.41. The van der Waals surface area contributed by atoms with Crippen LogP contribution in [0.2, 0.25) is 0 Å². The third kappa shape index (κ3) is 7.98. The van der Waals surface area contributed by atoms with Gasteiger partial charge in [-0.05, 0) is 42.5 Å². The second kappa shape index (κ2) is 11.2. The molecule has 2 rings (SSSR count). The van der Waals surface area contributed by atoms with Crippen molar-refractivity contribution in [2.75, 3.05) is 6.61 Å². The number of aryl methyl sites for hydroxylation is 1. The van der Waals surface area contributed by atoms with Gasteiger partial charge in [-0.3, -0.25) is 9.59 Å². The normalized spacial score (nSPS) is 12.7. The smallest absolute Gasteiger partial charge is 0.302 e. The van der Waals surface area contributed by atoms with Crippen molar-refractivity contribution in [1.29, 1.82) is 0 Å². The molecule has 0 fully saturated rings. The van der Waals surface area contributed by atoms with Crippen LogP contribution in [0.25, 0.3) is 0 Å². The summed E-state index contributed by atoms with van der Waals surface area (Å²) in [4.78, 5) is 23.1. The lowest BCUT2D eigenvalue weighted by Crippen LogP contribution is -2.51. The van der Waals surface area contributed by atoms with E-state index in [4.69, 9.17) is 9.47 Å². The highest BCUT2D eigenvalue weighted by Gasteiger charge is 2.31. The Morgan fingerprint density at radius 1 is 0.966 bits per heavy atom. The summed E-state index contributed by atoms with van der Waals surface area (Å²) in [5, 5.41) is 3.03. The molecular weight excluding hydrogens is 366 g/mol. The lowest BCUT2D eigenvalue weighted by atomic mass is 9.87. The third-order valence-electron chi connectivity index (χ3n) is 4.76. The van der Waals surface area contributed by atoms with Crippen LogP contribution in [0.1, 0.15) is 51.2 Å². The molecule has 0 heterocycles. The van der Waals surface area contributed by atoms with Crippen molar-refractivity contribution in [2.45, 2.75) is 58.6 Å². The predicted molar refractivity (Wildman–Crippen MR) is 114 cm³/mol. The van der Waals surface area contributed by atoms with Crippen LogP contribution in [0.15, 0.2) is 54.6 Å². The SMILES string of the molecule is CCCC(CCc1cccc(OCc2ccccc2)c1)(COC(C)=O)NC(C)=O. The average Bonchev–Trinajstić information content (AvgIpc) is 2.70. The van der Waals surface area contributed by atoms with E-state index in [0.29, 0.717) is 13.0 Å². The number of nitrogens with one attached hydrogen (secondary N) is 1. The maximum atomic E-state index is 11.8. The fourth-order valence-electron chi connectivity index (χ4n) is 3.44. The van der Waals surface area contributed by atoms with Gasteiger partial charge < -0.3 is 14.8 Å². The summed E-state index contributed by atoms with van der Waals surface area (Å²) >= 11 is 0. The molecule has 0 saturated carbocycles. The van der Waals surface area contributed by atoms with E-state index in [-0.39, 0.29) is 18.5 Å². The highest BCUT2D eigenvalue weighted by molar-refractivity contribution is 5.74. The lowest BCUT2D eigenvalue weighted by Gasteiger charge is -2.34. The molecule has 1 atom stereocenters. The van der Waals surface area contributed by atoms with Crippen molar-refractivity contribution >= 4 is 11.9 Å². The summed E-state index contributed by atoms with van der Waals surface area (Å²) in [5.41, 5.74) is 1.67. The highest BCUT2D eigenvalue weighted by atomic mass is 16.5. The zero-order chi connectivity index (χ0) is 21.1. The molecule has 1 N–H and O–H groups in total. The number of hydrogen-bond acceptors (Lipinski definition) is 4. The van der Waals surface area contributed by atoms with Gasteiger partial charge in [-0.2, -0.15) is 0 Å². The van der Waals surface area contributed by atoms with Gasteiger partial charge in [0.05, 0.1) is 5.54 Å². The van der Waals surface area contributed by atoms with Gasteiger partial charge in [-0.1, -0.05) is 55.8 Å². The minimum atomic E-state index is -0.562. The fourth-order valence-corrected chi connectivity index (χ4v) is 3.44. The number of rotatable bonds is 11. The molecule has 1 unspecified atom stereocenters. The van der Waals surface area contributed by atoms with Gasteiger partial charge in [-0.25, -0.2) is 0 Å². The first-order valence-corrected chi connectivity index (χ1v) is 10.1. The topological polar surface area (TPSA) is 64.6 Å². The van der Waals surface area contributed by atoms with Crippen LogP contribution < -0.4 is 10.1 Å². The number of hydrogen-bond donors (Lipinski definition) is 1. The van der Waals surface area contributed by atoms with Crippen LogP contribution in [0.4, 0.5) is 0 Å². The van der Waals surface area contributed by atoms with Gasteiger partial charge in [0.2, 0.25) is 5.91 Å². The molecule has 0 aliphatic rings. The molecule has 0 aliphatic heterocycles. The quantitative estimate of drug-likeness (QED) is 0.570. The first-order chi connectivity index (χ1) is 13.9. The molecule has 5 nitrogen and oxygen atoms in total. The number of benzene rings is 2. The highest BCUT2D eigenvalue weighted by Crippen LogP contribution is 2.23. The molecule has 156 valence electrons. The van der Waals surface area contributed by atoms with E-state index in [1.165, 1.54) is 13.8 Å². The summed E-state index contributed by atoms with van der Waals surface area (Å²) < 4.78 is 11.2. The Labute approximate surface area is 173 Å². The Morgan fingerprint density at radius 3 is 2.34 bits per heavy atom. The Kier molecular flexibility index (Phi) is 8.71. The Hall–Kier alpha value is -2.82. The zero-order valence-corrected chi connectivity index (χ0v) is 17.6. The minimum absolute atomic E-state index is 0.120. The number of carbonyl (C=O) groups excluding carboxylic acids is 2. The van der Waals surface area contributed by atoms with Crippen molar-refractivity contribution in [3.05, 3.63) is 65.7 Å². The summed E-state index contributed by atoms with van der Waals surface area (Å²) in [5.74, 6) is 0.352. The molecule has 0 saturated heterocycles. The van der Waals surface area contributed by atoms with Crippen LogP contribution >= 0.6 is 0 Å². The van der Waals surface area contributed by atoms with Crippen molar-refractivity contribution in [3.63, 3.8) is 0 Å². The Balaban J connectivity index is 2.04. The van der Waals surface area contributed by atoms with E-state index < -0.39 is 5.54 Å². The van der Waals surface area contributed by atoms with E-state index in [2.05, 4.69) is 12.2 Å². The maximum Gasteiger partial charge on any atom is 0.302 e. The largest absolute Gasteiger partial charge is 0.489 e. The van der Waals surface area contributed by atoms with Crippen molar-refractivity contribution in [2.24, 2.45) is 0 Å². The van der Waals surface area contributed by atoms with Gasteiger partial charge in [0.1, 0.15) is 19.0 Å². The van der Waals surface area contributed by atoms with Crippen molar-refractivity contribution in [1.82, 2.24) is 5.32 Å². The molecule has 2 aromatic carbocycles. The van der Waals surface area contributed by atoms with Gasteiger partial charge in [-0.15, -0.1) is 0 Å². The molecule has 29 heavy (non-hydrogen) atoms. The van der Waals surface area contributed by atoms with Gasteiger partial charge in [0.25, 0.3) is 0 Å². The van der Waals surface area contributed by atoms with E-state index in [1.807, 2.05) is 54.6 Å². The van der Waals surface area contributed by atoms with Crippen LogP contribution in [-0.4, -0.2) is 24.0 Å². The first-order valence-electron chi connectivity index (χ1n) is 10.1. The van der Waals surface area contributed by atoms with Gasteiger partial charge >= 0.3 is 5.97 Å². The molecular formula is C24H31NO4. The molecule has 0 bridgehead atoms. The minimum Gasteiger partial charge on any atom is -0.489 e. The second-order valence-corrected chi connectivity index (χ2v) is 7.41. The predicted octanol–water partition coefficient (Wildman–Crippen LogP) is 4.44. The summed E-state index contributed by atoms with van der Waals surface area (Å²) in [6.07, 6.45) is 3.03. The Bertz CT molecular complexity index is 790. The molecule has 0 spiro atoms. The fraction of sp³-hybridized carbons (Fsp3) is 0.417. The monoisotopic (exact) mass is 397 g/mol. The first kappa shape index (κ1) is 22.5. The molecule has 0 radical (unpaired) electrons. The summed E-state index contributed by atoms with van der Waals surface area (Å²) in [6.45, 7) is 5.64. The lowest BCUT2D eigenvalue weighted by molar-refractivity contribution is -0.144. The molecule has 0 aromatic heterocycles. The van der Waals surface area contributed by atoms with Crippen LogP contribution in [0.5, 0.6) is 5.75 Å². The van der Waals surface area contributed by atoms with E-state index in [0.717, 1.165) is 36.1 Å². The van der Waals surface area contributed by atoms with Crippen molar-refractivity contribution in [3.8, 4) is 5.75 Å². The number of esters is 1. The number of ether oxygens (including phenoxy) is 2. The number of amides is 1. The zero-order valence-electron chi connectivity index (χ0n) is 17.6. The van der Waals surface area contributed by atoms with Crippen LogP contribution in [0, 0.1) is 0 Å². The average molecular weight is 398 g/mol. The van der Waals surface area contributed by atoms with Crippen LogP contribution in [-0.2, 0) is 27.4 Å². The van der Waals surface area contributed by atoms with Gasteiger partial charge in [0, 0.05) is 13.8 Å². The molecule has 5 heteroatoms. The number of carbonyl (C=O) groups is 2. The van der Waals surface area contributed by atoms with E-state index >= 15 is 0 Å². The molecule has 1 amide bonds. The molecule has 0 aliphatic carbocycles. The third-order valence-corrected chi connectivity index (χ3v) is 4.76. The standard InChI is InChI=1S/C24H31NO4/c1-4-14-24(25-19(2)26,18-29-20(3)27)15-13-21-11-8-12-23(16-21)28-17-22-9-6-5-7-10-22/h5-12,16H,4,13-15,17-18H2,1-3H3,(H,25,26). The van der Waals surface area contributed by atoms with Gasteiger partial charge in [0.15, 0.2) is 0 Å². The molecule has 2 aromatic rings. The van der Waals surface area contributed by atoms with Crippen molar-refractivity contribution < 1.29 is 19.1 Å². The van der Waals surface area contributed by atoms with E-state index in [1.54, 1.807) is 0 Å².